The van der Waals surface area contributed by atoms with Crippen LogP contribution in [0, 0.1) is 18.8 Å². The zero-order chi connectivity index (χ0) is 10.4. The molecular weight excluding hydrogens is 174 g/mol. The van der Waals surface area contributed by atoms with Gasteiger partial charge < -0.3 is 11.1 Å². The maximum Gasteiger partial charge on any atom is 0.113 e. The Morgan fingerprint density at radius 3 is 3.00 bits per heavy atom. The molecule has 1 heterocycles. The van der Waals surface area contributed by atoms with Crippen LogP contribution in [0.5, 0.6) is 0 Å². The number of anilines is 1. The van der Waals surface area contributed by atoms with Gasteiger partial charge in [0.2, 0.25) is 0 Å². The van der Waals surface area contributed by atoms with Crippen molar-refractivity contribution in [3.63, 3.8) is 0 Å². The molecule has 74 valence electrons. The first kappa shape index (κ1) is 10.6. The van der Waals surface area contributed by atoms with Crippen molar-refractivity contribution in [1.29, 1.82) is 0 Å². The van der Waals surface area contributed by atoms with E-state index in [4.69, 9.17) is 5.73 Å². The minimum Gasteiger partial charge on any atom is -0.397 e. The van der Waals surface area contributed by atoms with E-state index in [1.807, 2.05) is 20.0 Å². The van der Waals surface area contributed by atoms with Gasteiger partial charge >= 0.3 is 0 Å². The second-order valence-corrected chi connectivity index (χ2v) is 3.08. The molecule has 3 heteroatoms. The molecule has 0 fully saturated rings. The third-order valence-electron chi connectivity index (χ3n) is 1.87. The van der Waals surface area contributed by atoms with E-state index >= 15 is 0 Å². The largest absolute Gasteiger partial charge is 0.397 e. The van der Waals surface area contributed by atoms with E-state index in [9.17, 15) is 0 Å². The Bertz CT molecular complexity index is 361. The third kappa shape index (κ3) is 3.08. The number of aromatic nitrogens is 1. The van der Waals surface area contributed by atoms with Gasteiger partial charge in [-0.25, -0.2) is 4.98 Å². The number of nitrogens with one attached hydrogen (secondary N) is 1. The van der Waals surface area contributed by atoms with Gasteiger partial charge in [-0.1, -0.05) is 5.92 Å². The monoisotopic (exact) mass is 189 g/mol. The van der Waals surface area contributed by atoms with Crippen LogP contribution in [0.15, 0.2) is 12.3 Å². The lowest BCUT2D eigenvalue weighted by atomic mass is 10.2. The molecule has 0 amide bonds. The van der Waals surface area contributed by atoms with Crippen molar-refractivity contribution in [3.05, 3.63) is 23.5 Å². The summed E-state index contributed by atoms with van der Waals surface area (Å²) in [5, 5.41) is 3.03. The minimum atomic E-state index is 0.714. The summed E-state index contributed by atoms with van der Waals surface area (Å²) in [4.78, 5) is 4.12. The highest BCUT2D eigenvalue weighted by atomic mass is 14.8. The second kappa shape index (κ2) is 5.25. The molecule has 0 bridgehead atoms. The van der Waals surface area contributed by atoms with Gasteiger partial charge in [0.15, 0.2) is 0 Å². The van der Waals surface area contributed by atoms with E-state index in [0.29, 0.717) is 5.69 Å². The van der Waals surface area contributed by atoms with Crippen LogP contribution < -0.4 is 11.1 Å². The summed E-state index contributed by atoms with van der Waals surface area (Å²) in [5.41, 5.74) is 8.17. The van der Waals surface area contributed by atoms with E-state index in [1.165, 1.54) is 0 Å². The predicted molar refractivity (Wildman–Crippen MR) is 58.8 cm³/mol. The van der Waals surface area contributed by atoms with Crippen LogP contribution in [0.4, 0.5) is 5.69 Å². The fourth-order valence-electron chi connectivity index (χ4n) is 0.976. The minimum absolute atomic E-state index is 0.714. The average molecular weight is 189 g/mol. The molecule has 1 aromatic rings. The van der Waals surface area contributed by atoms with Crippen LogP contribution in [0.2, 0.25) is 0 Å². The Morgan fingerprint density at radius 2 is 2.36 bits per heavy atom. The van der Waals surface area contributed by atoms with Crippen LogP contribution in [-0.4, -0.2) is 18.6 Å². The van der Waals surface area contributed by atoms with Crippen molar-refractivity contribution in [2.75, 3.05) is 19.3 Å². The molecule has 0 aliphatic rings. The molecule has 1 aromatic heterocycles. The molecule has 0 aromatic carbocycles. The van der Waals surface area contributed by atoms with Crippen molar-refractivity contribution >= 4 is 5.69 Å². The molecule has 0 radical (unpaired) electrons. The molecule has 3 N–H and O–H groups in total. The van der Waals surface area contributed by atoms with Crippen LogP contribution in [0.3, 0.4) is 0 Å². The topological polar surface area (TPSA) is 50.9 Å². The maximum absolute atomic E-state index is 5.64. The molecule has 0 saturated carbocycles. The number of hydrogen-bond acceptors (Lipinski definition) is 3. The van der Waals surface area contributed by atoms with Gasteiger partial charge in [-0.2, -0.15) is 0 Å². The van der Waals surface area contributed by atoms with Gasteiger partial charge in [0.1, 0.15) is 5.69 Å². The Labute approximate surface area is 84.7 Å². The first-order chi connectivity index (χ1) is 6.74. The number of nitrogens with zero attached hydrogens (tertiary/aromatic N) is 1. The van der Waals surface area contributed by atoms with E-state index in [-0.39, 0.29) is 0 Å². The molecule has 0 unspecified atom stereocenters. The lowest BCUT2D eigenvalue weighted by Gasteiger charge is -1.97. The van der Waals surface area contributed by atoms with Crippen LogP contribution in [-0.2, 0) is 0 Å². The Kier molecular flexibility index (Phi) is 3.96. The number of nitrogen functional groups attached to an aromatic ring is 1. The zero-order valence-corrected chi connectivity index (χ0v) is 8.59. The highest BCUT2D eigenvalue weighted by Gasteiger charge is 1.94. The average Bonchev–Trinajstić information content (AvgIpc) is 2.18. The number of hydrogen-bond donors (Lipinski definition) is 2. The van der Waals surface area contributed by atoms with Crippen molar-refractivity contribution in [1.82, 2.24) is 10.3 Å². The third-order valence-corrected chi connectivity index (χ3v) is 1.87. The maximum atomic E-state index is 5.64. The standard InChI is InChI=1S/C11H15N3/c1-9-7-10(14-8-11(9)12)5-3-4-6-13-2/h7-8,13H,4,6,12H2,1-2H3. The molecule has 0 spiro atoms. The van der Waals surface area contributed by atoms with Crippen molar-refractivity contribution in [3.8, 4) is 11.8 Å². The first-order valence-electron chi connectivity index (χ1n) is 4.59. The number of aryl methyl sites for hydroxylation is 1. The summed E-state index contributed by atoms with van der Waals surface area (Å²) in [6.07, 6.45) is 2.49. The second-order valence-electron chi connectivity index (χ2n) is 3.08. The van der Waals surface area contributed by atoms with Crippen LogP contribution in [0.25, 0.3) is 0 Å². The van der Waals surface area contributed by atoms with Gasteiger partial charge in [-0.05, 0) is 31.5 Å². The quantitative estimate of drug-likeness (QED) is 0.537. The molecule has 0 atom stereocenters. The predicted octanol–water partition coefficient (Wildman–Crippen LogP) is 0.933. The molecule has 0 aliphatic carbocycles. The van der Waals surface area contributed by atoms with E-state index in [0.717, 1.165) is 24.2 Å². The lowest BCUT2D eigenvalue weighted by Crippen LogP contribution is -2.05. The Balaban J connectivity index is 2.66. The fraction of sp³-hybridized carbons (Fsp3) is 0.364. The summed E-state index contributed by atoms with van der Waals surface area (Å²) in [5.74, 6) is 6.02. The molecule has 1 rings (SSSR count). The smallest absolute Gasteiger partial charge is 0.113 e. The lowest BCUT2D eigenvalue weighted by molar-refractivity contribution is 0.818. The molecule has 14 heavy (non-hydrogen) atoms. The molecular formula is C11H15N3. The van der Waals surface area contributed by atoms with E-state index < -0.39 is 0 Å². The Hall–Kier alpha value is -1.53. The SMILES string of the molecule is CNCCC#Cc1cc(C)c(N)cn1. The summed E-state index contributed by atoms with van der Waals surface area (Å²) >= 11 is 0. The highest BCUT2D eigenvalue weighted by molar-refractivity contribution is 5.46. The van der Waals surface area contributed by atoms with Crippen molar-refractivity contribution in [2.24, 2.45) is 0 Å². The van der Waals surface area contributed by atoms with Crippen LogP contribution >= 0.6 is 0 Å². The zero-order valence-electron chi connectivity index (χ0n) is 8.59. The summed E-state index contributed by atoms with van der Waals surface area (Å²) < 4.78 is 0. The highest BCUT2D eigenvalue weighted by Crippen LogP contribution is 2.08. The number of pyridine rings is 1. The van der Waals surface area contributed by atoms with Gasteiger partial charge in [0.25, 0.3) is 0 Å². The fourth-order valence-corrected chi connectivity index (χ4v) is 0.976. The number of nitrogens with two attached hydrogens (primary N) is 1. The normalized spacial score (nSPS) is 9.29. The van der Waals surface area contributed by atoms with Gasteiger partial charge in [0.05, 0.1) is 11.9 Å². The van der Waals surface area contributed by atoms with Crippen molar-refractivity contribution in [2.45, 2.75) is 13.3 Å². The van der Waals surface area contributed by atoms with E-state index in [2.05, 4.69) is 22.1 Å². The van der Waals surface area contributed by atoms with E-state index in [1.54, 1.807) is 6.20 Å². The van der Waals surface area contributed by atoms with Crippen LogP contribution in [0.1, 0.15) is 17.7 Å². The first-order valence-corrected chi connectivity index (χ1v) is 4.59. The van der Waals surface area contributed by atoms with Gasteiger partial charge in [0, 0.05) is 13.0 Å². The summed E-state index contributed by atoms with van der Waals surface area (Å²) in [7, 11) is 1.91. The van der Waals surface area contributed by atoms with Gasteiger partial charge in [-0.15, -0.1) is 0 Å². The molecule has 3 nitrogen and oxygen atoms in total. The number of rotatable bonds is 2. The molecule has 0 saturated heterocycles. The summed E-state index contributed by atoms with van der Waals surface area (Å²) in [6.45, 7) is 2.86. The Morgan fingerprint density at radius 1 is 1.57 bits per heavy atom. The van der Waals surface area contributed by atoms with Crippen molar-refractivity contribution < 1.29 is 0 Å². The summed E-state index contributed by atoms with van der Waals surface area (Å²) in [6, 6.07) is 1.90. The van der Waals surface area contributed by atoms with Gasteiger partial charge in [-0.3, -0.25) is 0 Å². The molecule has 0 aliphatic heterocycles.